The Labute approximate surface area is 368 Å². The number of anilines is 1. The smallest absolute Gasteiger partial charge is 0.277 e. The zero-order valence-electron chi connectivity index (χ0n) is 37.4. The summed E-state index contributed by atoms with van der Waals surface area (Å²) in [5.74, 6) is 0.383. The van der Waals surface area contributed by atoms with E-state index in [1.54, 1.807) is 19.1 Å². The lowest BCUT2D eigenvalue weighted by Gasteiger charge is -2.44. The van der Waals surface area contributed by atoms with Crippen molar-refractivity contribution in [2.75, 3.05) is 72.2 Å². The molecule has 1 aliphatic heterocycles. The van der Waals surface area contributed by atoms with Crippen molar-refractivity contribution in [3.8, 4) is 16.9 Å². The normalized spacial score (nSPS) is 23.1. The molecule has 1 aliphatic carbocycles. The van der Waals surface area contributed by atoms with Gasteiger partial charge in [-0.15, -0.1) is 11.6 Å². The minimum atomic E-state index is -1.11. The van der Waals surface area contributed by atoms with E-state index in [4.69, 9.17) is 26.2 Å². The number of ether oxygens (including phenoxy) is 1. The average molecular weight is 862 g/mol. The lowest BCUT2D eigenvalue weighted by molar-refractivity contribution is -0.192. The molecule has 2 aliphatic rings. The van der Waals surface area contributed by atoms with Crippen molar-refractivity contribution in [3.05, 3.63) is 95.6 Å². The van der Waals surface area contributed by atoms with Crippen molar-refractivity contribution in [2.24, 2.45) is 22.2 Å². The maximum atomic E-state index is 14.2. The lowest BCUT2D eigenvalue weighted by atomic mass is 9.66. The second kappa shape index (κ2) is 22.1. The number of carbonyl (C=O) groups is 1. The van der Waals surface area contributed by atoms with E-state index in [0.717, 1.165) is 65.2 Å². The number of hydroxylamine groups is 2. The Morgan fingerprint density at radius 3 is 2.49 bits per heavy atom. The third-order valence-corrected chi connectivity index (χ3v) is 12.7. The lowest BCUT2D eigenvalue weighted by Crippen LogP contribution is -2.56. The van der Waals surface area contributed by atoms with Crippen LogP contribution >= 0.6 is 11.6 Å². The van der Waals surface area contributed by atoms with Crippen LogP contribution in [0.1, 0.15) is 62.0 Å². The summed E-state index contributed by atoms with van der Waals surface area (Å²) in [7, 11) is 7.55. The highest BCUT2D eigenvalue weighted by Gasteiger charge is 2.50. The number of nitrogens with one attached hydrogen (secondary N) is 2. The zero-order valence-corrected chi connectivity index (χ0v) is 38.2. The summed E-state index contributed by atoms with van der Waals surface area (Å²) in [6.45, 7) is 15.2. The highest BCUT2D eigenvalue weighted by Crippen LogP contribution is 2.44. The summed E-state index contributed by atoms with van der Waals surface area (Å²) in [4.78, 5) is 29.3. The highest BCUT2D eigenvalue weighted by molar-refractivity contribution is 6.18. The molecule has 1 saturated carbocycles. The minimum absolute atomic E-state index is 0.101. The van der Waals surface area contributed by atoms with Gasteiger partial charge in [-0.3, -0.25) is 14.9 Å². The van der Waals surface area contributed by atoms with Gasteiger partial charge in [0.1, 0.15) is 18.1 Å². The number of hydrogen-bond donors (Lipinski definition) is 5. The number of alkyl halides is 1. The van der Waals surface area contributed by atoms with Crippen LogP contribution in [0.2, 0.25) is 0 Å². The van der Waals surface area contributed by atoms with Gasteiger partial charge < -0.3 is 35.2 Å². The van der Waals surface area contributed by atoms with Gasteiger partial charge in [0.15, 0.2) is 0 Å². The molecule has 334 valence electrons. The number of aliphatic hydroxyl groups excluding tert-OH is 3. The number of amides is 1. The number of benzene rings is 3. The summed E-state index contributed by atoms with van der Waals surface area (Å²) in [6.07, 6.45) is -0.418. The molecule has 0 radical (unpaired) electrons. The van der Waals surface area contributed by atoms with Crippen LogP contribution in [0.3, 0.4) is 0 Å². The molecule has 3 aromatic rings. The van der Waals surface area contributed by atoms with Crippen molar-refractivity contribution in [2.45, 2.75) is 84.0 Å². The number of para-hydroxylation sites is 1. The zero-order chi connectivity index (χ0) is 44.4. The van der Waals surface area contributed by atoms with Crippen LogP contribution in [0.5, 0.6) is 5.75 Å². The summed E-state index contributed by atoms with van der Waals surface area (Å²) >= 11 is 5.99. The molecular weight excluding hydrogens is 792 g/mol. The number of methoxy groups -OCH3 is 1. The Hall–Kier alpha value is -3.69. The first-order chi connectivity index (χ1) is 29.1. The van der Waals surface area contributed by atoms with Crippen LogP contribution in [0.25, 0.3) is 11.1 Å². The first kappa shape index (κ1) is 48.3. The van der Waals surface area contributed by atoms with E-state index < -0.39 is 30.4 Å². The Morgan fingerprint density at radius 2 is 1.84 bits per heavy atom. The third kappa shape index (κ3) is 12.5. The van der Waals surface area contributed by atoms with Gasteiger partial charge in [-0.25, -0.2) is 4.99 Å². The van der Waals surface area contributed by atoms with Gasteiger partial charge in [-0.1, -0.05) is 81.5 Å². The van der Waals surface area contributed by atoms with Gasteiger partial charge in [-0.05, 0) is 81.6 Å². The molecule has 12 nitrogen and oxygen atoms in total. The minimum Gasteiger partial charge on any atom is -0.496 e. The van der Waals surface area contributed by atoms with Crippen LogP contribution < -0.4 is 15.4 Å². The van der Waals surface area contributed by atoms with E-state index in [2.05, 4.69) is 42.9 Å². The average Bonchev–Trinajstić information content (AvgIpc) is 3.60. The van der Waals surface area contributed by atoms with Crippen molar-refractivity contribution in [1.29, 1.82) is 0 Å². The highest BCUT2D eigenvalue weighted by atomic mass is 35.5. The van der Waals surface area contributed by atoms with Gasteiger partial charge in [0.2, 0.25) is 0 Å². The van der Waals surface area contributed by atoms with Crippen molar-refractivity contribution in [1.82, 2.24) is 20.2 Å². The second-order valence-electron chi connectivity index (χ2n) is 17.8. The van der Waals surface area contributed by atoms with E-state index in [-0.39, 0.29) is 36.4 Å². The van der Waals surface area contributed by atoms with E-state index in [1.165, 1.54) is 0 Å². The number of hydrogen-bond acceptors (Lipinski definition) is 11. The molecule has 61 heavy (non-hydrogen) atoms. The molecule has 1 unspecified atom stereocenters. The van der Waals surface area contributed by atoms with Gasteiger partial charge in [0.25, 0.3) is 5.91 Å². The summed E-state index contributed by atoms with van der Waals surface area (Å²) < 4.78 is 6.16. The number of aliphatic hydroxyl groups is 3. The largest absolute Gasteiger partial charge is 0.496 e. The molecule has 1 heterocycles. The third-order valence-electron chi connectivity index (χ3n) is 12.5. The summed E-state index contributed by atoms with van der Waals surface area (Å²) in [5.41, 5.74) is 6.39. The Morgan fingerprint density at radius 1 is 1.10 bits per heavy atom. The first-order valence-electron chi connectivity index (χ1n) is 21.5. The summed E-state index contributed by atoms with van der Waals surface area (Å²) in [6, 6.07) is 20.7. The van der Waals surface area contributed by atoms with Crippen LogP contribution in [0.15, 0.2) is 83.9 Å². The molecular formula is C48H69ClN6O6. The fourth-order valence-electron chi connectivity index (χ4n) is 8.74. The number of rotatable bonds is 20. The van der Waals surface area contributed by atoms with Gasteiger partial charge >= 0.3 is 0 Å². The standard InChI is InChI=1S/C48H69ClN6O6/c1-31-32(2)48(4,5)19-18-41(31)52-47(59)44-43(33(3)57)42(30-56)61-55(44)28-35-16-13-17-40(45(35)60-9)36-25-37(27-38(26-36)50-21-23-54(8)22-20-49)46(58)51-39(29-53(6)7)24-34-14-11-10-12-15-34/h10-17,25-27,32-33,41-44,47,50,52,56-57,59H,1,18-24,28-30H2,2-9H3/t32-,33-,41-,42-,43-,44-,47?/m0/s1. The second-order valence-corrected chi connectivity index (χ2v) is 18.2. The van der Waals surface area contributed by atoms with E-state index in [0.29, 0.717) is 36.7 Å². The number of nitrogens with zero attached hydrogens (tertiary/aromatic N) is 4. The molecule has 5 rings (SSSR count). The first-order valence-corrected chi connectivity index (χ1v) is 22.0. The van der Waals surface area contributed by atoms with Gasteiger partial charge in [0, 0.05) is 78.5 Å². The Bertz CT molecular complexity index is 1940. The van der Waals surface area contributed by atoms with Crippen LogP contribution in [-0.4, -0.2) is 139 Å². The van der Waals surface area contributed by atoms with Gasteiger partial charge in [-0.2, -0.15) is 5.06 Å². The molecule has 1 amide bonds. The van der Waals surface area contributed by atoms with Gasteiger partial charge in [0.05, 0.1) is 32.4 Å². The molecule has 1 saturated heterocycles. The maximum Gasteiger partial charge on any atom is 0.277 e. The predicted octanol–water partition coefficient (Wildman–Crippen LogP) is 6.09. The fraction of sp³-hybridized carbons (Fsp3) is 0.542. The molecule has 5 N–H and O–H groups in total. The molecule has 0 spiro atoms. The van der Waals surface area contributed by atoms with Crippen molar-refractivity contribution in [3.63, 3.8) is 0 Å². The molecule has 3 aromatic carbocycles. The SMILES string of the molecule is C=C1[C@@H](NC(O)[C@@H]2[C@@H]([C@H](C)O)[C@H](CO)ON2Cc2cccc(-c3cc(NCCN(C)CCCl)cc(C(=O)N=C(Cc4ccccc4)CN(C)C)c3)c2OC)CCC(C)(C)[C@H]1C. The quantitative estimate of drug-likeness (QED) is 0.0390. The van der Waals surface area contributed by atoms with E-state index in [9.17, 15) is 20.1 Å². The number of likely N-dealkylation sites (N-methyl/N-ethyl adjacent to an activating group) is 1. The number of carbonyl (C=O) groups excluding carboxylic acids is 1. The molecule has 0 bridgehead atoms. The predicted molar refractivity (Wildman–Crippen MR) is 246 cm³/mol. The Kier molecular flexibility index (Phi) is 17.5. The maximum absolute atomic E-state index is 14.2. The van der Waals surface area contributed by atoms with Crippen LogP contribution in [0, 0.1) is 17.3 Å². The van der Waals surface area contributed by atoms with Crippen LogP contribution in [-0.2, 0) is 17.8 Å². The van der Waals surface area contributed by atoms with Crippen LogP contribution in [0.4, 0.5) is 5.69 Å². The van der Waals surface area contributed by atoms with E-state index in [1.807, 2.05) is 92.8 Å². The monoisotopic (exact) mass is 860 g/mol. The molecule has 0 aromatic heterocycles. The van der Waals surface area contributed by atoms with Crippen molar-refractivity contribution >= 4 is 28.9 Å². The molecule has 13 heteroatoms. The number of aliphatic imine (C=N–C) groups is 1. The number of halogens is 1. The van der Waals surface area contributed by atoms with Crippen molar-refractivity contribution < 1.29 is 29.7 Å². The Balaban J connectivity index is 1.50. The summed E-state index contributed by atoms with van der Waals surface area (Å²) in [5, 5.41) is 42.1. The van der Waals surface area contributed by atoms with E-state index >= 15 is 0 Å². The topological polar surface area (TPSA) is 142 Å². The molecule has 7 atom stereocenters. The molecule has 2 fully saturated rings. The fourth-order valence-corrected chi connectivity index (χ4v) is 9.03.